The predicted molar refractivity (Wildman–Crippen MR) is 263 cm³/mol. The summed E-state index contributed by atoms with van der Waals surface area (Å²) in [6.07, 6.45) is 40.2. The molecule has 0 aromatic carbocycles. The molecule has 14 nitrogen and oxygen atoms in total. The quantitative estimate of drug-likeness (QED) is 0.0170. The first-order chi connectivity index (χ1) is 32.9. The van der Waals surface area contributed by atoms with Crippen LogP contribution >= 0.6 is 0 Å². The molecule has 0 spiro atoms. The molecule has 1 aliphatic rings. The van der Waals surface area contributed by atoms with Crippen LogP contribution in [-0.4, -0.2) is 99.5 Å². The van der Waals surface area contributed by atoms with E-state index in [-0.39, 0.29) is 35.4 Å². The van der Waals surface area contributed by atoms with Crippen molar-refractivity contribution in [3.8, 4) is 0 Å². The van der Waals surface area contributed by atoms with E-state index in [0.717, 1.165) is 81.9 Å². The van der Waals surface area contributed by atoms with Crippen LogP contribution in [0.5, 0.6) is 0 Å². The van der Waals surface area contributed by atoms with Gasteiger partial charge in [0.25, 0.3) is 0 Å². The van der Waals surface area contributed by atoms with Gasteiger partial charge in [-0.1, -0.05) is 147 Å². The predicted octanol–water partition coefficient (Wildman–Crippen LogP) is 10.9. The molecular weight excluding hydrogens is 915 g/mol. The van der Waals surface area contributed by atoms with Gasteiger partial charge in [-0.05, 0) is 83.6 Å². The number of rotatable bonds is 45. The average Bonchev–Trinajstić information content (AvgIpc) is 3.69. The van der Waals surface area contributed by atoms with E-state index < -0.39 is 61.7 Å². The standard InChI is InChI=1S/C49H88N2O10.C4H4O2.Ni/c1-3-5-7-9-11-13-15-17-19-21-23-25-27-29-31-36-46(54)59-41-43(42-60-48(56)40-51(39-45(52)53)44(49(57)58)35-33-34-38-50)61-47(55)37-32-30-28-26-24-22-20-18-16-14-12-10-8-6-4-2;5-3-1-2-4-6;/h17-20,43-44H,3-16,21-42,50H2,1-2H3,(H,52,53)(H,57,58);1-2H2;/b19-17-,20-18-;;/t43-,44?;;/m1../s1. The van der Waals surface area contributed by atoms with E-state index in [9.17, 15) is 43.8 Å². The van der Waals surface area contributed by atoms with Crippen molar-refractivity contribution in [2.75, 3.05) is 32.8 Å². The molecule has 68 heavy (non-hydrogen) atoms. The number of carbonyl (C=O) groups is 7. The Balaban J connectivity index is 0.00000582. The second kappa shape index (κ2) is 47.3. The Morgan fingerprint density at radius 2 is 0.971 bits per heavy atom. The van der Waals surface area contributed by atoms with Gasteiger partial charge in [-0.25, -0.2) is 0 Å². The van der Waals surface area contributed by atoms with Crippen molar-refractivity contribution in [2.45, 2.75) is 238 Å². The Morgan fingerprint density at radius 1 is 0.559 bits per heavy atom. The first kappa shape index (κ1) is 64.6. The van der Waals surface area contributed by atoms with Gasteiger partial charge in [-0.2, -0.15) is 0 Å². The van der Waals surface area contributed by atoms with Gasteiger partial charge in [0.05, 0.1) is 13.1 Å². The number of nitrogens with two attached hydrogens (primary N) is 1. The van der Waals surface area contributed by atoms with Crippen molar-refractivity contribution >= 4 is 39.4 Å². The van der Waals surface area contributed by atoms with Gasteiger partial charge in [0.15, 0.2) is 6.10 Å². The number of hydrogen-bond donors (Lipinski definition) is 3. The molecule has 1 rings (SSSR count). The fourth-order valence-corrected chi connectivity index (χ4v) is 8.25. The SMILES string of the molecule is CCCCCCCC/C=C\CCCCCCCC(=O)OC[C@H](COC(=O)CN(CC(=O)O)C(CCCCN)C(=O)O)OC(=O)CCCCCCC/C=C\CCCCCCCC.O=[C]1CC[C](=O)[Ni]1. The van der Waals surface area contributed by atoms with E-state index in [0.29, 0.717) is 59.5 Å². The number of aliphatic carboxylic acids is 2. The molecular formula is C53H92N2NiO12. The minimum absolute atomic E-state index is 0.0394. The van der Waals surface area contributed by atoms with Crippen LogP contribution in [0.2, 0.25) is 0 Å². The van der Waals surface area contributed by atoms with Crippen LogP contribution in [0.25, 0.3) is 0 Å². The summed E-state index contributed by atoms with van der Waals surface area (Å²) in [5.41, 5.74) is 5.53. The number of allylic oxidation sites excluding steroid dienone is 4. The third-order valence-corrected chi connectivity index (χ3v) is 12.5. The molecule has 1 unspecified atom stereocenters. The van der Waals surface area contributed by atoms with Gasteiger partial charge >= 0.3 is 76.2 Å². The summed E-state index contributed by atoms with van der Waals surface area (Å²) in [4.78, 5) is 83.3. The van der Waals surface area contributed by atoms with E-state index >= 15 is 0 Å². The summed E-state index contributed by atoms with van der Waals surface area (Å²) in [6, 6.07) is -1.23. The van der Waals surface area contributed by atoms with E-state index in [4.69, 9.17) is 19.9 Å². The molecule has 1 fully saturated rings. The molecule has 396 valence electrons. The van der Waals surface area contributed by atoms with Gasteiger partial charge in [0.2, 0.25) is 0 Å². The summed E-state index contributed by atoms with van der Waals surface area (Å²) < 4.78 is 16.5. The number of carboxylic acids is 2. The molecule has 4 N–H and O–H groups in total. The van der Waals surface area contributed by atoms with E-state index in [1.54, 1.807) is 0 Å². The first-order valence-corrected chi connectivity index (χ1v) is 27.3. The van der Waals surface area contributed by atoms with E-state index in [2.05, 4.69) is 38.2 Å². The summed E-state index contributed by atoms with van der Waals surface area (Å²) in [5, 5.41) is 19.2. The number of carboxylic acid groups (broad SMARTS) is 2. The zero-order valence-corrected chi connectivity index (χ0v) is 43.1. The second-order valence-electron chi connectivity index (χ2n) is 17.8. The number of hydrogen-bond acceptors (Lipinski definition) is 12. The molecule has 0 aliphatic carbocycles. The van der Waals surface area contributed by atoms with Gasteiger partial charge in [-0.15, -0.1) is 0 Å². The molecule has 0 bridgehead atoms. The second-order valence-corrected chi connectivity index (χ2v) is 19.2. The zero-order chi connectivity index (χ0) is 50.3. The Morgan fingerprint density at radius 3 is 1.37 bits per heavy atom. The zero-order valence-electron chi connectivity index (χ0n) is 42.2. The summed E-state index contributed by atoms with van der Waals surface area (Å²) >= 11 is 0.681. The van der Waals surface area contributed by atoms with Gasteiger partial charge in [-0.3, -0.25) is 28.9 Å². The average molecular weight is 1010 g/mol. The number of esters is 3. The molecule has 0 saturated carbocycles. The number of ether oxygens (including phenoxy) is 3. The van der Waals surface area contributed by atoms with E-state index in [1.165, 1.54) is 77.0 Å². The Bertz CT molecular complexity index is 1390. The van der Waals surface area contributed by atoms with Crippen molar-refractivity contribution in [2.24, 2.45) is 5.73 Å². The van der Waals surface area contributed by atoms with Crippen molar-refractivity contribution in [3.05, 3.63) is 24.3 Å². The maximum atomic E-state index is 12.9. The normalized spacial score (nSPS) is 13.6. The first-order valence-electron chi connectivity index (χ1n) is 26.3. The Labute approximate surface area is 415 Å². The van der Waals surface area contributed by atoms with Crippen molar-refractivity contribution in [3.63, 3.8) is 0 Å². The molecule has 0 aromatic rings. The summed E-state index contributed by atoms with van der Waals surface area (Å²) in [7, 11) is 0. The van der Waals surface area contributed by atoms with Gasteiger partial charge < -0.3 is 30.2 Å². The van der Waals surface area contributed by atoms with E-state index in [1.807, 2.05) is 0 Å². The minimum atomic E-state index is -1.29. The molecule has 2 atom stereocenters. The molecule has 0 aromatic heterocycles. The molecule has 0 radical (unpaired) electrons. The van der Waals surface area contributed by atoms with Gasteiger partial charge in [0, 0.05) is 12.8 Å². The number of carbonyl (C=O) groups excluding carboxylic acids is 5. The van der Waals surface area contributed by atoms with Crippen LogP contribution in [0, 0.1) is 0 Å². The summed E-state index contributed by atoms with van der Waals surface area (Å²) in [6.45, 7) is 2.82. The fourth-order valence-electron chi connectivity index (χ4n) is 7.45. The number of nitrogens with zero attached hydrogens (tertiary/aromatic N) is 1. The molecule has 1 aliphatic heterocycles. The maximum absolute atomic E-state index is 12.9. The van der Waals surface area contributed by atoms with Crippen LogP contribution in [0.4, 0.5) is 0 Å². The molecule has 0 amide bonds. The molecule has 15 heteroatoms. The third kappa shape index (κ3) is 42.7. The van der Waals surface area contributed by atoms with Crippen molar-refractivity contribution in [1.29, 1.82) is 0 Å². The van der Waals surface area contributed by atoms with Crippen LogP contribution in [0.3, 0.4) is 0 Å². The van der Waals surface area contributed by atoms with Crippen LogP contribution in [0.1, 0.15) is 226 Å². The van der Waals surface area contributed by atoms with Crippen LogP contribution in [-0.2, 0) is 62.2 Å². The topological polar surface area (TPSA) is 217 Å². The van der Waals surface area contributed by atoms with Gasteiger partial charge in [0.1, 0.15) is 19.3 Å². The monoisotopic (exact) mass is 1010 g/mol. The molecule has 1 heterocycles. The van der Waals surface area contributed by atoms with Crippen molar-refractivity contribution in [1.82, 2.24) is 4.90 Å². The third-order valence-electron chi connectivity index (χ3n) is 11.4. The van der Waals surface area contributed by atoms with Crippen molar-refractivity contribution < 1.29 is 72.4 Å². The molecule has 1 saturated heterocycles. The Kier molecular flexibility index (Phi) is 44.9. The number of unbranched alkanes of at least 4 members (excludes halogenated alkanes) is 23. The van der Waals surface area contributed by atoms with Crippen LogP contribution < -0.4 is 5.73 Å². The summed E-state index contributed by atoms with van der Waals surface area (Å²) in [5.74, 6) is -4.36. The van der Waals surface area contributed by atoms with Crippen LogP contribution in [0.15, 0.2) is 24.3 Å². The Hall–Kier alpha value is -3.42. The fraction of sp³-hybridized carbons (Fsp3) is 0.792.